The third kappa shape index (κ3) is 2.82. The molecule has 0 saturated carbocycles. The highest BCUT2D eigenvalue weighted by Crippen LogP contribution is 2.47. The number of nitrogens with zero attached hydrogens (tertiary/aromatic N) is 2. The van der Waals surface area contributed by atoms with Gasteiger partial charge < -0.3 is 4.90 Å². The van der Waals surface area contributed by atoms with Gasteiger partial charge in [0.15, 0.2) is 0 Å². The van der Waals surface area contributed by atoms with Gasteiger partial charge in [-0.2, -0.15) is 0 Å². The molecule has 0 unspecified atom stereocenters. The fourth-order valence-electron chi connectivity index (χ4n) is 2.49. The minimum Gasteiger partial charge on any atom is -0.339 e. The molecule has 2 aromatic rings. The summed E-state index contributed by atoms with van der Waals surface area (Å²) in [6.07, 6.45) is 0.400. The van der Waals surface area contributed by atoms with Crippen LogP contribution in [0, 0.1) is 0 Å². The van der Waals surface area contributed by atoms with E-state index in [1.165, 1.54) is 22.0 Å². The molecular weight excluding hydrogens is 296 g/mol. The number of carbonyl (C=O) groups excluding carboxylic acids is 1. The SMILES string of the molecule is CON(C)C(=O)CCN1c2ccccc2Sc2ccccc21. The van der Waals surface area contributed by atoms with Gasteiger partial charge in [0.05, 0.1) is 18.5 Å². The molecule has 1 heterocycles. The summed E-state index contributed by atoms with van der Waals surface area (Å²) in [4.78, 5) is 21.6. The molecule has 0 N–H and O–H groups in total. The summed E-state index contributed by atoms with van der Waals surface area (Å²) in [5.74, 6) is -0.0318. The highest BCUT2D eigenvalue weighted by molar-refractivity contribution is 7.99. The second-order valence-electron chi connectivity index (χ2n) is 5.01. The van der Waals surface area contributed by atoms with Gasteiger partial charge >= 0.3 is 0 Å². The summed E-state index contributed by atoms with van der Waals surface area (Å²) in [5, 5.41) is 1.27. The van der Waals surface area contributed by atoms with Crippen molar-refractivity contribution in [1.29, 1.82) is 0 Å². The van der Waals surface area contributed by atoms with Crippen LogP contribution in [-0.2, 0) is 9.63 Å². The van der Waals surface area contributed by atoms with E-state index in [1.807, 2.05) is 24.3 Å². The van der Waals surface area contributed by atoms with Crippen molar-refractivity contribution in [3.05, 3.63) is 48.5 Å². The lowest BCUT2D eigenvalue weighted by atomic mass is 10.2. The summed E-state index contributed by atoms with van der Waals surface area (Å²) in [5.41, 5.74) is 2.30. The zero-order chi connectivity index (χ0) is 15.5. The molecule has 0 aromatic heterocycles. The van der Waals surface area contributed by atoms with Crippen molar-refractivity contribution in [3.63, 3.8) is 0 Å². The van der Waals surface area contributed by atoms with Crippen molar-refractivity contribution in [2.75, 3.05) is 25.6 Å². The van der Waals surface area contributed by atoms with Gasteiger partial charge in [0.25, 0.3) is 0 Å². The zero-order valence-corrected chi connectivity index (χ0v) is 13.5. The fourth-order valence-corrected chi connectivity index (χ4v) is 3.58. The first-order valence-corrected chi connectivity index (χ1v) is 7.96. The van der Waals surface area contributed by atoms with Crippen LogP contribution in [0.2, 0.25) is 0 Å². The van der Waals surface area contributed by atoms with E-state index in [1.54, 1.807) is 18.8 Å². The van der Waals surface area contributed by atoms with Crippen LogP contribution in [0.1, 0.15) is 6.42 Å². The Kier molecular flexibility index (Phi) is 4.36. The maximum atomic E-state index is 12.0. The number of hydrogen-bond donors (Lipinski definition) is 0. The van der Waals surface area contributed by atoms with Crippen molar-refractivity contribution in [3.8, 4) is 0 Å². The smallest absolute Gasteiger partial charge is 0.247 e. The molecule has 1 amide bonds. The molecular formula is C17H18N2O2S. The van der Waals surface area contributed by atoms with Crippen LogP contribution in [-0.4, -0.2) is 31.7 Å². The number of carbonyl (C=O) groups is 1. The summed E-state index contributed by atoms with van der Waals surface area (Å²) in [7, 11) is 3.14. The lowest BCUT2D eigenvalue weighted by Gasteiger charge is -2.32. The molecule has 0 spiro atoms. The van der Waals surface area contributed by atoms with Crippen molar-refractivity contribution in [1.82, 2.24) is 5.06 Å². The third-order valence-electron chi connectivity index (χ3n) is 3.71. The largest absolute Gasteiger partial charge is 0.339 e. The second kappa shape index (κ2) is 6.42. The Morgan fingerprint density at radius 2 is 1.64 bits per heavy atom. The van der Waals surface area contributed by atoms with Crippen LogP contribution in [0.25, 0.3) is 0 Å². The number of fused-ring (bicyclic) bond motifs is 2. The predicted molar refractivity (Wildman–Crippen MR) is 88.4 cm³/mol. The minimum atomic E-state index is -0.0318. The molecule has 0 bridgehead atoms. The van der Waals surface area contributed by atoms with Crippen molar-refractivity contribution < 1.29 is 9.63 Å². The standard InChI is InChI=1S/C17H18N2O2S/c1-18(21-2)17(20)11-12-19-13-7-3-5-9-15(13)22-16-10-6-4-8-14(16)19/h3-10H,11-12H2,1-2H3. The Labute approximate surface area is 134 Å². The van der Waals surface area contributed by atoms with E-state index in [-0.39, 0.29) is 5.91 Å². The van der Waals surface area contributed by atoms with Gasteiger partial charge in [-0.1, -0.05) is 36.0 Å². The number of benzene rings is 2. The summed E-state index contributed by atoms with van der Waals surface area (Å²) >= 11 is 1.77. The van der Waals surface area contributed by atoms with E-state index in [0.717, 1.165) is 11.4 Å². The van der Waals surface area contributed by atoms with Crippen molar-refractivity contribution in [2.45, 2.75) is 16.2 Å². The van der Waals surface area contributed by atoms with Gasteiger partial charge in [0, 0.05) is 29.8 Å². The molecule has 2 aromatic carbocycles. The topological polar surface area (TPSA) is 32.8 Å². The minimum absolute atomic E-state index is 0.0318. The quantitative estimate of drug-likeness (QED) is 0.806. The molecule has 22 heavy (non-hydrogen) atoms. The average molecular weight is 314 g/mol. The second-order valence-corrected chi connectivity index (χ2v) is 6.10. The molecule has 5 heteroatoms. The van der Waals surface area contributed by atoms with Crippen LogP contribution < -0.4 is 4.90 Å². The van der Waals surface area contributed by atoms with Crippen LogP contribution >= 0.6 is 11.8 Å². The van der Waals surface area contributed by atoms with Crippen LogP contribution in [0.3, 0.4) is 0 Å². The number of hydrogen-bond acceptors (Lipinski definition) is 4. The van der Waals surface area contributed by atoms with Gasteiger partial charge in [-0.15, -0.1) is 0 Å². The number of rotatable bonds is 4. The van der Waals surface area contributed by atoms with Crippen molar-refractivity contribution in [2.24, 2.45) is 0 Å². The Balaban J connectivity index is 1.88. The average Bonchev–Trinajstić information content (AvgIpc) is 2.57. The molecule has 0 radical (unpaired) electrons. The summed E-state index contributed by atoms with van der Waals surface area (Å²) < 4.78 is 0. The summed E-state index contributed by atoms with van der Waals surface area (Å²) in [6, 6.07) is 16.6. The molecule has 0 fully saturated rings. The predicted octanol–water partition coefficient (Wildman–Crippen LogP) is 3.70. The molecule has 1 aliphatic heterocycles. The van der Waals surface area contributed by atoms with Crippen molar-refractivity contribution >= 4 is 29.0 Å². The summed E-state index contributed by atoms with van der Waals surface area (Å²) in [6.45, 7) is 0.626. The first-order chi connectivity index (χ1) is 10.7. The molecule has 0 saturated heterocycles. The molecule has 114 valence electrons. The molecule has 0 aliphatic carbocycles. The highest BCUT2D eigenvalue weighted by Gasteiger charge is 2.23. The molecule has 0 atom stereocenters. The third-order valence-corrected chi connectivity index (χ3v) is 4.84. The maximum absolute atomic E-state index is 12.0. The number of anilines is 2. The Morgan fingerprint density at radius 3 is 2.18 bits per heavy atom. The van der Waals surface area contributed by atoms with E-state index in [2.05, 4.69) is 29.2 Å². The Morgan fingerprint density at radius 1 is 1.09 bits per heavy atom. The van der Waals surface area contributed by atoms with E-state index in [9.17, 15) is 4.79 Å². The number of hydroxylamine groups is 2. The monoisotopic (exact) mass is 314 g/mol. The Hall–Kier alpha value is -1.98. The Bertz CT molecular complexity index is 644. The van der Waals surface area contributed by atoms with E-state index < -0.39 is 0 Å². The normalized spacial score (nSPS) is 12.5. The van der Waals surface area contributed by atoms with E-state index in [4.69, 9.17) is 4.84 Å². The van der Waals surface area contributed by atoms with Gasteiger partial charge in [0.2, 0.25) is 5.91 Å². The lowest BCUT2D eigenvalue weighted by Crippen LogP contribution is -2.30. The molecule has 3 rings (SSSR count). The first kappa shape index (κ1) is 14.9. The van der Waals surface area contributed by atoms with Gasteiger partial charge in [-0.25, -0.2) is 5.06 Å². The van der Waals surface area contributed by atoms with Gasteiger partial charge in [-0.05, 0) is 24.3 Å². The molecule has 4 nitrogen and oxygen atoms in total. The van der Waals surface area contributed by atoms with Gasteiger partial charge in [0.1, 0.15) is 0 Å². The van der Waals surface area contributed by atoms with E-state index in [0.29, 0.717) is 13.0 Å². The van der Waals surface area contributed by atoms with Gasteiger partial charge in [-0.3, -0.25) is 9.63 Å². The zero-order valence-electron chi connectivity index (χ0n) is 12.7. The van der Waals surface area contributed by atoms with E-state index >= 15 is 0 Å². The number of para-hydroxylation sites is 2. The first-order valence-electron chi connectivity index (χ1n) is 7.15. The fraction of sp³-hybridized carbons (Fsp3) is 0.235. The lowest BCUT2D eigenvalue weighted by molar-refractivity contribution is -0.168. The maximum Gasteiger partial charge on any atom is 0.247 e. The van der Waals surface area contributed by atoms with Crippen LogP contribution in [0.4, 0.5) is 11.4 Å². The molecule has 1 aliphatic rings. The number of amides is 1. The van der Waals surface area contributed by atoms with Crippen LogP contribution in [0.15, 0.2) is 58.3 Å². The highest BCUT2D eigenvalue weighted by atomic mass is 32.2. The van der Waals surface area contributed by atoms with Crippen LogP contribution in [0.5, 0.6) is 0 Å².